The molecule has 0 spiro atoms. The number of nitrogens with zero attached hydrogens (tertiary/aromatic N) is 1. The van der Waals surface area contributed by atoms with E-state index in [0.717, 1.165) is 48.1 Å². The van der Waals surface area contributed by atoms with E-state index >= 15 is 0 Å². The largest absolute Gasteiger partial charge is 0.385 e. The van der Waals surface area contributed by atoms with Crippen LogP contribution in [0.3, 0.4) is 0 Å². The highest BCUT2D eigenvalue weighted by Gasteiger charge is 2.33. The van der Waals surface area contributed by atoms with Gasteiger partial charge in [-0.3, -0.25) is 4.98 Å². The van der Waals surface area contributed by atoms with Gasteiger partial charge in [0.05, 0.1) is 11.1 Å². The van der Waals surface area contributed by atoms with Crippen LogP contribution in [0.15, 0.2) is 36.5 Å². The number of pyridine rings is 1. The Morgan fingerprint density at radius 1 is 1.19 bits per heavy atom. The summed E-state index contributed by atoms with van der Waals surface area (Å²) < 4.78 is 0. The second-order valence-electron chi connectivity index (χ2n) is 6.49. The molecule has 0 saturated heterocycles. The van der Waals surface area contributed by atoms with Crippen LogP contribution < -0.4 is 0 Å². The molecule has 2 nitrogen and oxygen atoms in total. The quantitative estimate of drug-likeness (QED) is 0.821. The zero-order valence-corrected chi connectivity index (χ0v) is 12.9. The van der Waals surface area contributed by atoms with E-state index in [1.165, 1.54) is 19.3 Å². The summed E-state index contributed by atoms with van der Waals surface area (Å²) in [6.45, 7) is 2.26. The standard InChI is InChI=1S/C19H25NO/c1-2-6-15-7-4-12-19(21,13-11-15)17-9-3-10-18-16(17)8-5-14-20-18/h3,5,8-10,14-15,21H,2,4,6-7,11-13H2,1H3. The van der Waals surface area contributed by atoms with Crippen LogP contribution >= 0.6 is 0 Å². The molecule has 1 aliphatic carbocycles. The van der Waals surface area contributed by atoms with Crippen LogP contribution in [0, 0.1) is 5.92 Å². The molecule has 1 aliphatic rings. The third kappa shape index (κ3) is 2.96. The minimum Gasteiger partial charge on any atom is -0.385 e. The molecule has 2 aromatic rings. The molecule has 112 valence electrons. The summed E-state index contributed by atoms with van der Waals surface area (Å²) in [6.07, 6.45) is 9.65. The summed E-state index contributed by atoms with van der Waals surface area (Å²) in [6, 6.07) is 10.2. The molecule has 2 unspecified atom stereocenters. The highest BCUT2D eigenvalue weighted by molar-refractivity contribution is 5.82. The lowest BCUT2D eigenvalue weighted by molar-refractivity contribution is 0.0210. The Balaban J connectivity index is 1.93. The van der Waals surface area contributed by atoms with E-state index in [-0.39, 0.29) is 0 Å². The predicted octanol–water partition coefficient (Wildman–Crippen LogP) is 4.80. The first-order valence-corrected chi connectivity index (χ1v) is 8.29. The molecular weight excluding hydrogens is 258 g/mol. The van der Waals surface area contributed by atoms with E-state index < -0.39 is 5.60 Å². The molecule has 1 saturated carbocycles. The van der Waals surface area contributed by atoms with Crippen molar-refractivity contribution in [1.82, 2.24) is 4.98 Å². The van der Waals surface area contributed by atoms with Gasteiger partial charge in [-0.05, 0) is 49.3 Å². The first kappa shape index (κ1) is 14.5. The second-order valence-corrected chi connectivity index (χ2v) is 6.49. The Morgan fingerprint density at radius 3 is 2.95 bits per heavy atom. The Hall–Kier alpha value is -1.41. The van der Waals surface area contributed by atoms with Crippen molar-refractivity contribution in [1.29, 1.82) is 0 Å². The lowest BCUT2D eigenvalue weighted by Gasteiger charge is -2.28. The molecule has 0 radical (unpaired) electrons. The summed E-state index contributed by atoms with van der Waals surface area (Å²) in [5.74, 6) is 0.789. The first-order chi connectivity index (χ1) is 10.2. The van der Waals surface area contributed by atoms with E-state index in [1.807, 2.05) is 24.4 Å². The van der Waals surface area contributed by atoms with Gasteiger partial charge in [0.15, 0.2) is 0 Å². The number of hydrogen-bond acceptors (Lipinski definition) is 2. The number of aliphatic hydroxyl groups is 1. The first-order valence-electron chi connectivity index (χ1n) is 8.29. The fraction of sp³-hybridized carbons (Fsp3) is 0.526. The lowest BCUT2D eigenvalue weighted by atomic mass is 9.84. The highest BCUT2D eigenvalue weighted by atomic mass is 16.3. The highest BCUT2D eigenvalue weighted by Crippen LogP contribution is 2.41. The molecule has 0 aliphatic heterocycles. The molecule has 0 bridgehead atoms. The summed E-state index contributed by atoms with van der Waals surface area (Å²) in [4.78, 5) is 4.42. The van der Waals surface area contributed by atoms with Crippen molar-refractivity contribution in [3.8, 4) is 0 Å². The molecule has 2 atom stereocenters. The van der Waals surface area contributed by atoms with Crippen molar-refractivity contribution >= 4 is 10.9 Å². The number of benzene rings is 1. The van der Waals surface area contributed by atoms with Crippen molar-refractivity contribution in [2.75, 3.05) is 0 Å². The van der Waals surface area contributed by atoms with Gasteiger partial charge in [0, 0.05) is 11.6 Å². The molecule has 1 N–H and O–H groups in total. The summed E-state index contributed by atoms with van der Waals surface area (Å²) in [5.41, 5.74) is 1.38. The van der Waals surface area contributed by atoms with Gasteiger partial charge in [-0.1, -0.05) is 44.4 Å². The molecule has 3 rings (SSSR count). The van der Waals surface area contributed by atoms with Crippen LogP contribution in [0.4, 0.5) is 0 Å². The van der Waals surface area contributed by atoms with Gasteiger partial charge in [-0.2, -0.15) is 0 Å². The topological polar surface area (TPSA) is 33.1 Å². The molecule has 2 heteroatoms. The van der Waals surface area contributed by atoms with Crippen molar-refractivity contribution in [2.45, 2.75) is 57.5 Å². The maximum Gasteiger partial charge on any atom is 0.0903 e. The number of hydrogen-bond donors (Lipinski definition) is 1. The number of rotatable bonds is 3. The minimum atomic E-state index is -0.676. The average Bonchev–Trinajstić information content (AvgIpc) is 2.70. The summed E-state index contributed by atoms with van der Waals surface area (Å²) >= 11 is 0. The van der Waals surface area contributed by atoms with Gasteiger partial charge in [0.25, 0.3) is 0 Å². The fourth-order valence-electron chi connectivity index (χ4n) is 3.87. The van der Waals surface area contributed by atoms with Crippen molar-refractivity contribution in [3.63, 3.8) is 0 Å². The van der Waals surface area contributed by atoms with Gasteiger partial charge in [0.2, 0.25) is 0 Å². The second kappa shape index (κ2) is 6.15. The van der Waals surface area contributed by atoms with E-state index in [2.05, 4.69) is 24.0 Å². The predicted molar refractivity (Wildman–Crippen MR) is 87.1 cm³/mol. The third-order valence-electron chi connectivity index (χ3n) is 5.01. The Labute approximate surface area is 127 Å². The molecule has 1 heterocycles. The molecule has 1 aromatic carbocycles. The zero-order chi connectivity index (χ0) is 14.7. The van der Waals surface area contributed by atoms with Gasteiger partial charge in [0.1, 0.15) is 0 Å². The van der Waals surface area contributed by atoms with Gasteiger partial charge < -0.3 is 5.11 Å². The minimum absolute atomic E-state index is 0.676. The number of fused-ring (bicyclic) bond motifs is 1. The van der Waals surface area contributed by atoms with Crippen LogP contribution in [0.1, 0.15) is 57.4 Å². The SMILES string of the molecule is CCCC1CCCC(O)(c2cccc3ncccc23)CC1. The van der Waals surface area contributed by atoms with Crippen LogP contribution in [0.25, 0.3) is 10.9 Å². The fourth-order valence-corrected chi connectivity index (χ4v) is 3.87. The molecule has 1 aromatic heterocycles. The van der Waals surface area contributed by atoms with Crippen molar-refractivity contribution < 1.29 is 5.11 Å². The molecule has 21 heavy (non-hydrogen) atoms. The lowest BCUT2D eigenvalue weighted by Crippen LogP contribution is -2.25. The van der Waals surface area contributed by atoms with Crippen molar-refractivity contribution in [3.05, 3.63) is 42.1 Å². The zero-order valence-electron chi connectivity index (χ0n) is 12.9. The van der Waals surface area contributed by atoms with Gasteiger partial charge in [-0.15, -0.1) is 0 Å². The monoisotopic (exact) mass is 283 g/mol. The van der Waals surface area contributed by atoms with Crippen molar-refractivity contribution in [2.24, 2.45) is 5.92 Å². The molecule has 1 fully saturated rings. The smallest absolute Gasteiger partial charge is 0.0903 e. The summed E-state index contributed by atoms with van der Waals surface area (Å²) in [5, 5.41) is 12.4. The molecular formula is C19H25NO. The Morgan fingerprint density at radius 2 is 2.10 bits per heavy atom. The summed E-state index contributed by atoms with van der Waals surface area (Å²) in [7, 11) is 0. The maximum absolute atomic E-state index is 11.3. The Bertz CT molecular complexity index is 604. The number of aromatic nitrogens is 1. The van der Waals surface area contributed by atoms with Crippen LogP contribution in [-0.2, 0) is 5.60 Å². The van der Waals surface area contributed by atoms with Gasteiger partial charge in [-0.25, -0.2) is 0 Å². The van der Waals surface area contributed by atoms with Gasteiger partial charge >= 0.3 is 0 Å². The van der Waals surface area contributed by atoms with Crippen LogP contribution in [0.5, 0.6) is 0 Å². The average molecular weight is 283 g/mol. The van der Waals surface area contributed by atoms with E-state index in [9.17, 15) is 5.11 Å². The van der Waals surface area contributed by atoms with Crippen LogP contribution in [-0.4, -0.2) is 10.1 Å². The van der Waals surface area contributed by atoms with Crippen LogP contribution in [0.2, 0.25) is 0 Å². The Kier molecular flexibility index (Phi) is 4.25. The maximum atomic E-state index is 11.3. The van der Waals surface area contributed by atoms with E-state index in [1.54, 1.807) is 0 Å². The molecule has 0 amide bonds. The third-order valence-corrected chi connectivity index (χ3v) is 5.01. The van der Waals surface area contributed by atoms with E-state index in [4.69, 9.17) is 0 Å². The normalized spacial score (nSPS) is 26.7. The van der Waals surface area contributed by atoms with E-state index in [0.29, 0.717) is 0 Å².